The van der Waals surface area contributed by atoms with Gasteiger partial charge in [0.25, 0.3) is 11.8 Å². The molecule has 0 unspecified atom stereocenters. The summed E-state index contributed by atoms with van der Waals surface area (Å²) in [4.78, 5) is 26.5. The van der Waals surface area contributed by atoms with Crippen molar-refractivity contribution in [2.75, 3.05) is 38.2 Å². The number of benzene rings is 2. The highest BCUT2D eigenvalue weighted by atomic mass is 16.5. The first-order chi connectivity index (χ1) is 13.6. The second-order valence-electron chi connectivity index (χ2n) is 6.08. The highest BCUT2D eigenvalue weighted by molar-refractivity contribution is 6.04. The third-order valence-corrected chi connectivity index (χ3v) is 4.26. The van der Waals surface area contributed by atoms with Crippen molar-refractivity contribution in [2.45, 2.75) is 20.8 Å². The molecule has 0 saturated carbocycles. The number of amides is 2. The number of hydrogen-bond donors (Lipinski definition) is 1. The first kappa shape index (κ1) is 21.4. The standard InChI is InChI=1S/C22H28N2O4/c1-4-24(5-2)22(26)18-7-11-19(12-8-18)23-21(25)17-9-13-20(14-10-17)28-16-15-27-6-3/h7-14H,4-6,15-16H2,1-3H3,(H,23,25). The Morgan fingerprint density at radius 3 is 2.04 bits per heavy atom. The van der Waals surface area contributed by atoms with Crippen LogP contribution in [0.1, 0.15) is 41.5 Å². The van der Waals surface area contributed by atoms with Crippen LogP contribution in [0.3, 0.4) is 0 Å². The predicted octanol–water partition coefficient (Wildman–Crippen LogP) is 3.84. The maximum Gasteiger partial charge on any atom is 0.255 e. The van der Waals surface area contributed by atoms with Crippen LogP contribution in [0, 0.1) is 0 Å². The topological polar surface area (TPSA) is 67.9 Å². The molecule has 0 aromatic heterocycles. The van der Waals surface area contributed by atoms with Gasteiger partial charge >= 0.3 is 0 Å². The van der Waals surface area contributed by atoms with Crippen molar-refractivity contribution >= 4 is 17.5 Å². The van der Waals surface area contributed by atoms with Crippen LogP contribution in [0.5, 0.6) is 5.75 Å². The normalized spacial score (nSPS) is 10.4. The van der Waals surface area contributed by atoms with E-state index in [4.69, 9.17) is 9.47 Å². The number of nitrogens with zero attached hydrogens (tertiary/aromatic N) is 1. The molecule has 2 aromatic rings. The van der Waals surface area contributed by atoms with Gasteiger partial charge in [0.15, 0.2) is 0 Å². The van der Waals surface area contributed by atoms with Gasteiger partial charge in [-0.2, -0.15) is 0 Å². The molecule has 0 atom stereocenters. The Morgan fingerprint density at radius 2 is 1.46 bits per heavy atom. The van der Waals surface area contributed by atoms with Crippen molar-refractivity contribution < 1.29 is 19.1 Å². The van der Waals surface area contributed by atoms with Gasteiger partial charge in [0.2, 0.25) is 0 Å². The molecular formula is C22H28N2O4. The lowest BCUT2D eigenvalue weighted by Gasteiger charge is -2.18. The van der Waals surface area contributed by atoms with Crippen LogP contribution in [-0.2, 0) is 4.74 Å². The smallest absolute Gasteiger partial charge is 0.255 e. The van der Waals surface area contributed by atoms with Crippen molar-refractivity contribution in [3.63, 3.8) is 0 Å². The number of carbonyl (C=O) groups is 2. The van der Waals surface area contributed by atoms with E-state index in [-0.39, 0.29) is 11.8 Å². The SMILES string of the molecule is CCOCCOc1ccc(C(=O)Nc2ccc(C(=O)N(CC)CC)cc2)cc1. The minimum Gasteiger partial charge on any atom is -0.491 e. The number of carbonyl (C=O) groups excluding carboxylic acids is 2. The lowest BCUT2D eigenvalue weighted by atomic mass is 10.1. The van der Waals surface area contributed by atoms with Crippen molar-refractivity contribution in [2.24, 2.45) is 0 Å². The van der Waals surface area contributed by atoms with Crippen LogP contribution in [0.4, 0.5) is 5.69 Å². The summed E-state index contributed by atoms with van der Waals surface area (Å²) >= 11 is 0. The fraction of sp³-hybridized carbons (Fsp3) is 0.364. The van der Waals surface area contributed by atoms with E-state index in [9.17, 15) is 9.59 Å². The Kier molecular flexibility index (Phi) is 8.49. The van der Waals surface area contributed by atoms with E-state index in [0.717, 1.165) is 0 Å². The van der Waals surface area contributed by atoms with Crippen LogP contribution in [0.15, 0.2) is 48.5 Å². The molecule has 0 aliphatic rings. The van der Waals surface area contributed by atoms with Gasteiger partial charge in [-0.25, -0.2) is 0 Å². The Labute approximate surface area is 166 Å². The first-order valence-corrected chi connectivity index (χ1v) is 9.60. The van der Waals surface area contributed by atoms with E-state index in [1.807, 2.05) is 20.8 Å². The van der Waals surface area contributed by atoms with Gasteiger partial charge in [0.05, 0.1) is 6.61 Å². The van der Waals surface area contributed by atoms with Gasteiger partial charge in [-0.3, -0.25) is 9.59 Å². The average Bonchev–Trinajstić information content (AvgIpc) is 2.73. The Morgan fingerprint density at radius 1 is 0.857 bits per heavy atom. The van der Waals surface area contributed by atoms with Crippen LogP contribution < -0.4 is 10.1 Å². The van der Waals surface area contributed by atoms with Crippen molar-refractivity contribution in [1.29, 1.82) is 0 Å². The minimum absolute atomic E-state index is 0.0113. The molecule has 2 amide bonds. The fourth-order valence-electron chi connectivity index (χ4n) is 2.66. The van der Waals surface area contributed by atoms with Crippen molar-refractivity contribution in [3.8, 4) is 5.75 Å². The van der Waals surface area contributed by atoms with Crippen molar-refractivity contribution in [1.82, 2.24) is 4.90 Å². The largest absolute Gasteiger partial charge is 0.491 e. The highest BCUT2D eigenvalue weighted by Crippen LogP contribution is 2.16. The van der Waals surface area contributed by atoms with Crippen LogP contribution in [-0.4, -0.2) is 49.6 Å². The molecule has 0 aliphatic heterocycles. The molecule has 0 radical (unpaired) electrons. The van der Waals surface area contributed by atoms with E-state index in [1.54, 1.807) is 53.4 Å². The molecule has 150 valence electrons. The number of ether oxygens (including phenoxy) is 2. The lowest BCUT2D eigenvalue weighted by molar-refractivity contribution is 0.0773. The van der Waals surface area contributed by atoms with Gasteiger partial charge in [-0.05, 0) is 69.3 Å². The summed E-state index contributed by atoms with van der Waals surface area (Å²) in [5, 5.41) is 2.84. The monoisotopic (exact) mass is 384 g/mol. The molecule has 0 spiro atoms. The Balaban J connectivity index is 1.92. The summed E-state index contributed by atoms with van der Waals surface area (Å²) in [6.45, 7) is 8.83. The second-order valence-corrected chi connectivity index (χ2v) is 6.08. The molecule has 1 N–H and O–H groups in total. The first-order valence-electron chi connectivity index (χ1n) is 9.60. The quantitative estimate of drug-likeness (QED) is 0.632. The molecule has 28 heavy (non-hydrogen) atoms. The highest BCUT2D eigenvalue weighted by Gasteiger charge is 2.12. The van der Waals surface area contributed by atoms with E-state index in [2.05, 4.69) is 5.32 Å². The molecule has 0 aliphatic carbocycles. The predicted molar refractivity (Wildman–Crippen MR) is 110 cm³/mol. The van der Waals surface area contributed by atoms with E-state index >= 15 is 0 Å². The van der Waals surface area contributed by atoms with Gasteiger partial charge in [-0.1, -0.05) is 0 Å². The minimum atomic E-state index is -0.219. The number of nitrogens with one attached hydrogen (secondary N) is 1. The maximum atomic E-state index is 12.4. The summed E-state index contributed by atoms with van der Waals surface area (Å²) in [6.07, 6.45) is 0. The fourth-order valence-corrected chi connectivity index (χ4v) is 2.66. The summed E-state index contributed by atoms with van der Waals surface area (Å²) in [6, 6.07) is 13.9. The van der Waals surface area contributed by atoms with E-state index < -0.39 is 0 Å². The summed E-state index contributed by atoms with van der Waals surface area (Å²) in [5.74, 6) is 0.460. The molecule has 0 fully saturated rings. The maximum absolute atomic E-state index is 12.4. The van der Waals surface area contributed by atoms with Crippen LogP contribution in [0.25, 0.3) is 0 Å². The molecule has 0 saturated heterocycles. The van der Waals surface area contributed by atoms with Gasteiger partial charge in [-0.15, -0.1) is 0 Å². The zero-order valence-electron chi connectivity index (χ0n) is 16.7. The third-order valence-electron chi connectivity index (χ3n) is 4.26. The number of anilines is 1. The molecule has 2 aromatic carbocycles. The van der Waals surface area contributed by atoms with E-state index in [0.29, 0.717) is 55.5 Å². The summed E-state index contributed by atoms with van der Waals surface area (Å²) in [5.41, 5.74) is 1.77. The van der Waals surface area contributed by atoms with Crippen LogP contribution in [0.2, 0.25) is 0 Å². The lowest BCUT2D eigenvalue weighted by Crippen LogP contribution is -2.30. The zero-order chi connectivity index (χ0) is 20.4. The number of hydrogen-bond acceptors (Lipinski definition) is 4. The Hall–Kier alpha value is -2.86. The van der Waals surface area contributed by atoms with Gasteiger partial charge < -0.3 is 19.7 Å². The zero-order valence-corrected chi connectivity index (χ0v) is 16.7. The molecule has 0 bridgehead atoms. The third kappa shape index (κ3) is 6.09. The molecule has 0 heterocycles. The van der Waals surface area contributed by atoms with Gasteiger partial charge in [0, 0.05) is 36.5 Å². The molecule has 6 nitrogen and oxygen atoms in total. The molecule has 2 rings (SSSR count). The summed E-state index contributed by atoms with van der Waals surface area (Å²) < 4.78 is 10.8. The second kappa shape index (κ2) is 11.1. The van der Waals surface area contributed by atoms with Crippen LogP contribution >= 0.6 is 0 Å². The van der Waals surface area contributed by atoms with Gasteiger partial charge in [0.1, 0.15) is 12.4 Å². The average molecular weight is 384 g/mol. The Bertz CT molecular complexity index is 753. The summed E-state index contributed by atoms with van der Waals surface area (Å²) in [7, 11) is 0. The van der Waals surface area contributed by atoms with Crippen molar-refractivity contribution in [3.05, 3.63) is 59.7 Å². The number of rotatable bonds is 10. The molecular weight excluding hydrogens is 356 g/mol. The molecule has 6 heteroatoms. The van der Waals surface area contributed by atoms with E-state index in [1.165, 1.54) is 0 Å².